The van der Waals surface area contributed by atoms with Crippen LogP contribution < -0.4 is 5.32 Å². The molecule has 0 saturated heterocycles. The number of nitrogens with one attached hydrogen (secondary N) is 1. The van der Waals surface area contributed by atoms with Gasteiger partial charge in [0.05, 0.1) is 0 Å². The van der Waals surface area contributed by atoms with Gasteiger partial charge in [-0.3, -0.25) is 0 Å². The maximum absolute atomic E-state index is 13.2. The number of rotatable bonds is 5. The third-order valence-electron chi connectivity index (χ3n) is 4.48. The molecule has 1 N–H and O–H groups in total. The molecule has 0 amide bonds. The van der Waals surface area contributed by atoms with Crippen LogP contribution in [0, 0.1) is 24.1 Å². The molecule has 20 heavy (non-hydrogen) atoms. The molecule has 1 aromatic rings. The minimum Gasteiger partial charge on any atom is -0.312 e. The van der Waals surface area contributed by atoms with Gasteiger partial charge in [0.2, 0.25) is 0 Å². The van der Waals surface area contributed by atoms with Crippen LogP contribution in [0.4, 0.5) is 4.39 Å². The summed E-state index contributed by atoms with van der Waals surface area (Å²) < 4.78 is 13.2. The van der Waals surface area contributed by atoms with Gasteiger partial charge in [0, 0.05) is 12.1 Å². The highest BCUT2D eigenvalue weighted by atomic mass is 19.1. The molecule has 0 radical (unpaired) electrons. The zero-order valence-corrected chi connectivity index (χ0v) is 13.5. The molecule has 1 aromatic carbocycles. The van der Waals surface area contributed by atoms with Gasteiger partial charge in [-0.05, 0) is 81.5 Å². The van der Waals surface area contributed by atoms with E-state index in [0.29, 0.717) is 0 Å². The second-order valence-corrected chi connectivity index (χ2v) is 7.78. The van der Waals surface area contributed by atoms with E-state index in [1.54, 1.807) is 12.1 Å². The molecule has 2 rings (SSSR count). The summed E-state index contributed by atoms with van der Waals surface area (Å²) in [5.74, 6) is 0.675. The Morgan fingerprint density at radius 3 is 2.35 bits per heavy atom. The molecule has 1 fully saturated rings. The van der Waals surface area contributed by atoms with E-state index in [1.165, 1.54) is 18.4 Å². The van der Waals surface area contributed by atoms with E-state index in [0.717, 1.165) is 24.4 Å². The van der Waals surface area contributed by atoms with Crippen molar-refractivity contribution in [3.05, 3.63) is 35.1 Å². The van der Waals surface area contributed by atoms with Gasteiger partial charge in [-0.15, -0.1) is 0 Å². The van der Waals surface area contributed by atoms with Crippen molar-refractivity contribution in [3.63, 3.8) is 0 Å². The van der Waals surface area contributed by atoms with E-state index in [9.17, 15) is 4.39 Å². The molecule has 0 bridgehead atoms. The number of hydrogen-bond acceptors (Lipinski definition) is 1. The topological polar surface area (TPSA) is 12.0 Å². The largest absolute Gasteiger partial charge is 0.312 e. The average molecular weight is 277 g/mol. The fraction of sp³-hybridized carbons (Fsp3) is 0.667. The molecule has 0 aromatic heterocycles. The van der Waals surface area contributed by atoms with Crippen LogP contribution in [0.2, 0.25) is 0 Å². The van der Waals surface area contributed by atoms with E-state index in [4.69, 9.17) is 0 Å². The van der Waals surface area contributed by atoms with Crippen molar-refractivity contribution in [2.45, 2.75) is 59.4 Å². The molecule has 1 atom stereocenters. The summed E-state index contributed by atoms with van der Waals surface area (Å²) in [4.78, 5) is 0. The van der Waals surface area contributed by atoms with Gasteiger partial charge in [-0.2, -0.15) is 0 Å². The van der Waals surface area contributed by atoms with Gasteiger partial charge < -0.3 is 5.32 Å². The number of aryl methyl sites for hydroxylation is 1. The molecule has 0 aliphatic heterocycles. The number of benzene rings is 1. The van der Waals surface area contributed by atoms with Gasteiger partial charge in [0.1, 0.15) is 5.82 Å². The second kappa shape index (κ2) is 5.48. The molecular weight excluding hydrogens is 249 g/mol. The van der Waals surface area contributed by atoms with Gasteiger partial charge in [-0.25, -0.2) is 4.39 Å². The van der Waals surface area contributed by atoms with Gasteiger partial charge >= 0.3 is 0 Å². The minimum atomic E-state index is -0.132. The highest BCUT2D eigenvalue weighted by molar-refractivity contribution is 5.28. The highest BCUT2D eigenvalue weighted by Gasteiger charge is 2.41. The fourth-order valence-corrected chi connectivity index (χ4v) is 2.89. The average Bonchev–Trinajstić information content (AvgIpc) is 3.14. The zero-order valence-electron chi connectivity index (χ0n) is 13.5. The van der Waals surface area contributed by atoms with Crippen LogP contribution >= 0.6 is 0 Å². The smallest absolute Gasteiger partial charge is 0.123 e. The Morgan fingerprint density at radius 1 is 1.20 bits per heavy atom. The van der Waals surface area contributed by atoms with Crippen molar-refractivity contribution < 1.29 is 4.39 Å². The second-order valence-electron chi connectivity index (χ2n) is 7.78. The van der Waals surface area contributed by atoms with Crippen molar-refractivity contribution >= 4 is 0 Å². The molecule has 1 unspecified atom stereocenters. The quantitative estimate of drug-likeness (QED) is 0.836. The molecule has 1 aliphatic carbocycles. The molecule has 1 nitrogen and oxygen atoms in total. The standard InChI is InChI=1S/C18H28FN/c1-13-10-16(19)9-6-14(13)11-18(5,15-7-8-15)12-20-17(2,3)4/h6,9-10,15,20H,7-8,11-12H2,1-5H3. The van der Waals surface area contributed by atoms with Gasteiger partial charge in [0.15, 0.2) is 0 Å². The fourth-order valence-electron chi connectivity index (χ4n) is 2.89. The Hall–Kier alpha value is -0.890. The third-order valence-corrected chi connectivity index (χ3v) is 4.48. The van der Waals surface area contributed by atoms with E-state index < -0.39 is 0 Å². The van der Waals surface area contributed by atoms with Crippen LogP contribution in [0.25, 0.3) is 0 Å². The van der Waals surface area contributed by atoms with Gasteiger partial charge in [-0.1, -0.05) is 13.0 Å². The summed E-state index contributed by atoms with van der Waals surface area (Å²) in [5, 5.41) is 3.66. The Labute approximate surface area is 123 Å². The third kappa shape index (κ3) is 4.05. The maximum atomic E-state index is 13.2. The molecule has 1 saturated carbocycles. The summed E-state index contributed by atoms with van der Waals surface area (Å²) in [7, 11) is 0. The SMILES string of the molecule is Cc1cc(F)ccc1CC(C)(CNC(C)(C)C)C1CC1. The lowest BCUT2D eigenvalue weighted by atomic mass is 9.77. The Morgan fingerprint density at radius 2 is 1.85 bits per heavy atom. The summed E-state index contributed by atoms with van der Waals surface area (Å²) in [6.45, 7) is 12.1. The lowest BCUT2D eigenvalue weighted by Gasteiger charge is -2.34. The Bertz CT molecular complexity index is 471. The van der Waals surface area contributed by atoms with E-state index >= 15 is 0 Å². The maximum Gasteiger partial charge on any atom is 0.123 e. The van der Waals surface area contributed by atoms with E-state index in [2.05, 4.69) is 33.0 Å². The molecule has 1 aliphatic rings. The lowest BCUT2D eigenvalue weighted by molar-refractivity contribution is 0.227. The summed E-state index contributed by atoms with van der Waals surface area (Å²) in [5.41, 5.74) is 2.79. The summed E-state index contributed by atoms with van der Waals surface area (Å²) in [6.07, 6.45) is 3.71. The first-order valence-electron chi connectivity index (χ1n) is 7.70. The molecule has 2 heteroatoms. The van der Waals surface area contributed by atoms with Crippen LogP contribution in [-0.2, 0) is 6.42 Å². The van der Waals surface area contributed by atoms with Crippen molar-refractivity contribution in [1.29, 1.82) is 0 Å². The first-order valence-corrected chi connectivity index (χ1v) is 7.70. The number of hydrogen-bond donors (Lipinski definition) is 1. The highest BCUT2D eigenvalue weighted by Crippen LogP contribution is 2.47. The van der Waals surface area contributed by atoms with Crippen molar-refractivity contribution in [2.75, 3.05) is 6.54 Å². The lowest BCUT2D eigenvalue weighted by Crippen LogP contribution is -2.44. The first-order chi connectivity index (χ1) is 9.20. The summed E-state index contributed by atoms with van der Waals surface area (Å²) in [6, 6.07) is 5.20. The summed E-state index contributed by atoms with van der Waals surface area (Å²) >= 11 is 0. The minimum absolute atomic E-state index is 0.132. The van der Waals surface area contributed by atoms with Crippen LogP contribution in [0.3, 0.4) is 0 Å². The van der Waals surface area contributed by atoms with Crippen molar-refractivity contribution in [1.82, 2.24) is 5.32 Å². The zero-order chi connectivity index (χ0) is 15.0. The van der Waals surface area contributed by atoms with Crippen LogP contribution in [0.5, 0.6) is 0 Å². The molecular formula is C18H28FN. The molecule has 112 valence electrons. The van der Waals surface area contributed by atoms with E-state index in [-0.39, 0.29) is 16.8 Å². The predicted octanol–water partition coefficient (Wildman–Crippen LogP) is 4.48. The van der Waals surface area contributed by atoms with E-state index in [1.807, 2.05) is 13.0 Å². The Balaban J connectivity index is 2.12. The van der Waals surface area contributed by atoms with Gasteiger partial charge in [0.25, 0.3) is 0 Å². The normalized spacial score (nSPS) is 18.9. The molecule has 0 heterocycles. The van der Waals surface area contributed by atoms with Crippen LogP contribution in [0.15, 0.2) is 18.2 Å². The predicted molar refractivity (Wildman–Crippen MR) is 83.4 cm³/mol. The number of halogens is 1. The van der Waals surface area contributed by atoms with Crippen molar-refractivity contribution in [3.8, 4) is 0 Å². The van der Waals surface area contributed by atoms with Crippen molar-refractivity contribution in [2.24, 2.45) is 11.3 Å². The Kier molecular flexibility index (Phi) is 4.24. The molecule has 0 spiro atoms. The monoisotopic (exact) mass is 277 g/mol. The van der Waals surface area contributed by atoms with Crippen LogP contribution in [-0.4, -0.2) is 12.1 Å². The first kappa shape index (κ1) is 15.5. The van der Waals surface area contributed by atoms with Crippen LogP contribution in [0.1, 0.15) is 51.7 Å².